The standard InChI is InChI=1S/C65H50N2/c1-5-19-45(20-6-1)46-33-35-52(36-34-46)66(50-25-9-3-10-26-50)53-37-39-57-55-29-15-17-31-60(55)65(62(57)43-53)61-32-18-16-30-56(61)58-40-38-54(44-63(58)65)67(51-27-11-4-12-28-51)64-42-49-24-14-13-23-48(49)41-59(64)47-21-7-2-8-22-47/h2-4,7-18,21-45H,1,5-6,19-20H2. The Hall–Kier alpha value is -7.94. The highest BCUT2D eigenvalue weighted by atomic mass is 15.1. The van der Waals surface area contributed by atoms with Crippen LogP contribution in [-0.4, -0.2) is 0 Å². The maximum atomic E-state index is 2.52. The van der Waals surface area contributed by atoms with E-state index in [1.54, 1.807) is 0 Å². The highest BCUT2D eigenvalue weighted by molar-refractivity contribution is 6.01. The number of rotatable bonds is 8. The normalized spacial score (nSPS) is 15.8. The molecule has 3 aliphatic carbocycles. The van der Waals surface area contributed by atoms with Crippen molar-refractivity contribution in [1.29, 1.82) is 0 Å². The van der Waals surface area contributed by atoms with Crippen molar-refractivity contribution in [2.45, 2.75) is 43.4 Å². The molecule has 0 bridgehead atoms. The molecule has 1 spiro atoms. The molecular weight excluding hydrogens is 809 g/mol. The van der Waals surface area contributed by atoms with E-state index >= 15 is 0 Å². The molecule has 67 heavy (non-hydrogen) atoms. The summed E-state index contributed by atoms with van der Waals surface area (Å²) in [4.78, 5) is 4.94. The average molecular weight is 859 g/mol. The van der Waals surface area contributed by atoms with Crippen LogP contribution in [0.15, 0.2) is 237 Å². The fraction of sp³-hybridized carbons (Fsp3) is 0.108. The zero-order valence-electron chi connectivity index (χ0n) is 37.5. The second kappa shape index (κ2) is 16.2. The minimum atomic E-state index is -0.564. The number of anilines is 6. The second-order valence-corrected chi connectivity index (χ2v) is 18.7. The lowest BCUT2D eigenvalue weighted by Crippen LogP contribution is -2.26. The second-order valence-electron chi connectivity index (χ2n) is 18.7. The predicted octanol–water partition coefficient (Wildman–Crippen LogP) is 17.8. The van der Waals surface area contributed by atoms with Crippen molar-refractivity contribution in [3.63, 3.8) is 0 Å². The van der Waals surface area contributed by atoms with Crippen LogP contribution in [0.25, 0.3) is 44.2 Å². The SMILES string of the molecule is c1ccc(-c2cc3ccccc3cc2N(c2ccccc2)c2ccc3c(c2)C2(c4ccccc4-c4ccc(N(c5ccccc5)c5ccc(C6CCCCC6)cc5)cc42)c2ccccc2-3)cc1. The predicted molar refractivity (Wildman–Crippen MR) is 281 cm³/mol. The zero-order valence-corrected chi connectivity index (χ0v) is 37.5. The first kappa shape index (κ1) is 39.4. The van der Waals surface area contributed by atoms with Crippen LogP contribution in [0.4, 0.5) is 34.1 Å². The van der Waals surface area contributed by atoms with Gasteiger partial charge in [-0.1, -0.05) is 183 Å². The molecule has 1 fully saturated rings. The molecule has 0 N–H and O–H groups in total. The Kier molecular flexibility index (Phi) is 9.53. The average Bonchev–Trinajstić information content (AvgIpc) is 3.87. The molecule has 320 valence electrons. The number of nitrogens with zero attached hydrogens (tertiary/aromatic N) is 2. The summed E-state index contributed by atoms with van der Waals surface area (Å²) in [5.74, 6) is 0.655. The number of benzene rings is 10. The van der Waals surface area contributed by atoms with Gasteiger partial charge in [0.15, 0.2) is 0 Å². The lowest BCUT2D eigenvalue weighted by Gasteiger charge is -2.34. The van der Waals surface area contributed by atoms with Gasteiger partial charge in [0.1, 0.15) is 0 Å². The van der Waals surface area contributed by atoms with E-state index in [0.29, 0.717) is 5.92 Å². The fourth-order valence-corrected chi connectivity index (χ4v) is 12.0. The molecule has 1 saturated carbocycles. The largest absolute Gasteiger partial charge is 0.310 e. The van der Waals surface area contributed by atoms with Crippen LogP contribution in [0.3, 0.4) is 0 Å². The van der Waals surface area contributed by atoms with Crippen LogP contribution in [0.1, 0.15) is 65.8 Å². The Balaban J connectivity index is 1.04. The molecule has 0 amide bonds. The summed E-state index contributed by atoms with van der Waals surface area (Å²) in [5.41, 5.74) is 20.6. The summed E-state index contributed by atoms with van der Waals surface area (Å²) in [6.07, 6.45) is 6.61. The molecule has 0 heterocycles. The Morgan fingerprint density at radius 1 is 0.313 bits per heavy atom. The van der Waals surface area contributed by atoms with E-state index in [4.69, 9.17) is 0 Å². The molecule has 0 aliphatic heterocycles. The highest BCUT2D eigenvalue weighted by Gasteiger charge is 2.52. The lowest BCUT2D eigenvalue weighted by molar-refractivity contribution is 0.443. The van der Waals surface area contributed by atoms with E-state index in [1.165, 1.54) is 110 Å². The maximum absolute atomic E-state index is 2.52. The van der Waals surface area contributed by atoms with Gasteiger partial charge in [-0.05, 0) is 158 Å². The molecule has 1 atom stereocenters. The first-order valence-electron chi connectivity index (χ1n) is 24.1. The summed E-state index contributed by atoms with van der Waals surface area (Å²) >= 11 is 0. The summed E-state index contributed by atoms with van der Waals surface area (Å²) in [5, 5.41) is 2.43. The van der Waals surface area contributed by atoms with E-state index < -0.39 is 5.41 Å². The molecule has 13 rings (SSSR count). The molecule has 0 radical (unpaired) electrons. The van der Waals surface area contributed by atoms with Crippen LogP contribution >= 0.6 is 0 Å². The molecule has 3 aliphatic rings. The van der Waals surface area contributed by atoms with E-state index in [1.807, 2.05) is 0 Å². The Bertz CT molecular complexity index is 3430. The van der Waals surface area contributed by atoms with Gasteiger partial charge in [-0.2, -0.15) is 0 Å². The van der Waals surface area contributed by atoms with Gasteiger partial charge >= 0.3 is 0 Å². The van der Waals surface area contributed by atoms with Crippen LogP contribution in [0.2, 0.25) is 0 Å². The first-order chi connectivity index (χ1) is 33.2. The summed E-state index contributed by atoms with van der Waals surface area (Å²) < 4.78 is 0. The van der Waals surface area contributed by atoms with Gasteiger partial charge in [0.25, 0.3) is 0 Å². The maximum Gasteiger partial charge on any atom is 0.0727 e. The van der Waals surface area contributed by atoms with Crippen molar-refractivity contribution in [2.75, 3.05) is 9.80 Å². The van der Waals surface area contributed by atoms with Crippen molar-refractivity contribution in [1.82, 2.24) is 0 Å². The van der Waals surface area contributed by atoms with Crippen molar-refractivity contribution < 1.29 is 0 Å². The number of hydrogen-bond acceptors (Lipinski definition) is 2. The third-order valence-corrected chi connectivity index (χ3v) is 15.0. The molecule has 2 nitrogen and oxygen atoms in total. The number of para-hydroxylation sites is 2. The van der Waals surface area contributed by atoms with Gasteiger partial charge in [0.05, 0.1) is 11.1 Å². The smallest absolute Gasteiger partial charge is 0.0727 e. The minimum Gasteiger partial charge on any atom is -0.310 e. The number of fused-ring (bicyclic) bond motifs is 11. The summed E-state index contributed by atoms with van der Waals surface area (Å²) in [7, 11) is 0. The van der Waals surface area contributed by atoms with Gasteiger partial charge in [0.2, 0.25) is 0 Å². The van der Waals surface area contributed by atoms with Gasteiger partial charge in [-0.3, -0.25) is 0 Å². The molecule has 10 aromatic rings. The molecule has 2 heteroatoms. The lowest BCUT2D eigenvalue weighted by atomic mass is 9.70. The highest BCUT2D eigenvalue weighted by Crippen LogP contribution is 2.64. The van der Waals surface area contributed by atoms with E-state index in [2.05, 4.69) is 246 Å². The third-order valence-electron chi connectivity index (χ3n) is 15.0. The Morgan fingerprint density at radius 3 is 1.36 bits per heavy atom. The topological polar surface area (TPSA) is 6.48 Å². The Labute approximate surface area is 394 Å². The molecule has 0 saturated heterocycles. The first-order valence-corrected chi connectivity index (χ1v) is 24.1. The van der Waals surface area contributed by atoms with Crippen LogP contribution < -0.4 is 9.80 Å². The quantitative estimate of drug-likeness (QED) is 0.150. The van der Waals surface area contributed by atoms with E-state index in [9.17, 15) is 0 Å². The van der Waals surface area contributed by atoms with Gasteiger partial charge < -0.3 is 9.80 Å². The monoisotopic (exact) mass is 858 g/mol. The van der Waals surface area contributed by atoms with Crippen molar-refractivity contribution >= 4 is 44.9 Å². The van der Waals surface area contributed by atoms with Crippen molar-refractivity contribution in [3.05, 3.63) is 264 Å². The minimum absolute atomic E-state index is 0.564. The van der Waals surface area contributed by atoms with E-state index in [0.717, 1.165) is 28.4 Å². The van der Waals surface area contributed by atoms with E-state index in [-0.39, 0.29) is 0 Å². The molecule has 10 aromatic carbocycles. The van der Waals surface area contributed by atoms with Crippen LogP contribution in [0, 0.1) is 0 Å². The van der Waals surface area contributed by atoms with Crippen LogP contribution in [-0.2, 0) is 5.41 Å². The number of hydrogen-bond donors (Lipinski definition) is 0. The summed E-state index contributed by atoms with van der Waals surface area (Å²) in [6.45, 7) is 0. The van der Waals surface area contributed by atoms with Crippen molar-refractivity contribution in [3.8, 4) is 33.4 Å². The van der Waals surface area contributed by atoms with Gasteiger partial charge in [0, 0.05) is 34.0 Å². The molecule has 0 aromatic heterocycles. The van der Waals surface area contributed by atoms with Crippen LogP contribution in [0.5, 0.6) is 0 Å². The molecular formula is C65H50N2. The van der Waals surface area contributed by atoms with Gasteiger partial charge in [-0.25, -0.2) is 0 Å². The fourth-order valence-electron chi connectivity index (χ4n) is 12.0. The zero-order chi connectivity index (χ0) is 44.3. The summed E-state index contributed by atoms with van der Waals surface area (Å²) in [6, 6.07) is 88.6. The third kappa shape index (κ3) is 6.38. The van der Waals surface area contributed by atoms with Crippen molar-refractivity contribution in [2.24, 2.45) is 0 Å². The van der Waals surface area contributed by atoms with Gasteiger partial charge in [-0.15, -0.1) is 0 Å². The Morgan fingerprint density at radius 2 is 0.761 bits per heavy atom. The molecule has 1 unspecified atom stereocenters.